The van der Waals surface area contributed by atoms with Gasteiger partial charge in [-0.3, -0.25) is 9.59 Å². The molecule has 0 bridgehead atoms. The maximum absolute atomic E-state index is 11.7. The van der Waals surface area contributed by atoms with Crippen molar-refractivity contribution in [3.05, 3.63) is 50.1 Å². The summed E-state index contributed by atoms with van der Waals surface area (Å²) in [5, 5.41) is 8.26. The standard InChI is InChI=1S/C17H21N3O2S/c1-11-10-23-17(22)20(11)8-7-18-12(2)13-3-5-15-14(9-13)4-6-16(21)19-15/h3,5,9-10,12,18H,4,6-8H2,1-2H3,(H,19,21). The quantitative estimate of drug-likeness (QED) is 0.884. The van der Waals surface area contributed by atoms with Crippen LogP contribution < -0.4 is 15.5 Å². The second-order valence-corrected chi connectivity index (χ2v) is 6.76. The number of aromatic nitrogens is 1. The number of anilines is 1. The number of hydrogen-bond acceptors (Lipinski definition) is 4. The van der Waals surface area contributed by atoms with E-state index in [1.165, 1.54) is 22.5 Å². The molecule has 1 aromatic carbocycles. The number of rotatable bonds is 5. The number of hydrogen-bond donors (Lipinski definition) is 2. The van der Waals surface area contributed by atoms with Gasteiger partial charge in [-0.05, 0) is 37.5 Å². The van der Waals surface area contributed by atoms with Crippen LogP contribution in [0.3, 0.4) is 0 Å². The Hall–Kier alpha value is -1.92. The third-order valence-corrected chi connectivity index (χ3v) is 5.17. The average Bonchev–Trinajstić information content (AvgIpc) is 2.86. The van der Waals surface area contributed by atoms with Crippen LogP contribution in [0.25, 0.3) is 0 Å². The third kappa shape index (κ3) is 3.54. The van der Waals surface area contributed by atoms with E-state index in [1.807, 2.05) is 24.4 Å². The lowest BCUT2D eigenvalue weighted by Gasteiger charge is -2.20. The molecule has 1 unspecified atom stereocenters. The molecule has 122 valence electrons. The summed E-state index contributed by atoms with van der Waals surface area (Å²) < 4.78 is 1.80. The molecule has 1 amide bonds. The first-order chi connectivity index (χ1) is 11.0. The summed E-state index contributed by atoms with van der Waals surface area (Å²) in [6.07, 6.45) is 1.35. The lowest BCUT2D eigenvalue weighted by atomic mass is 9.98. The van der Waals surface area contributed by atoms with Gasteiger partial charge in [-0.15, -0.1) is 0 Å². The molecule has 1 aromatic heterocycles. The van der Waals surface area contributed by atoms with E-state index in [9.17, 15) is 9.59 Å². The van der Waals surface area contributed by atoms with Crippen molar-refractivity contribution in [1.82, 2.24) is 9.88 Å². The van der Waals surface area contributed by atoms with Gasteiger partial charge in [-0.1, -0.05) is 23.5 Å². The van der Waals surface area contributed by atoms with Crippen molar-refractivity contribution in [3.8, 4) is 0 Å². The van der Waals surface area contributed by atoms with Crippen LogP contribution in [0.2, 0.25) is 0 Å². The van der Waals surface area contributed by atoms with Gasteiger partial charge in [0.25, 0.3) is 0 Å². The lowest BCUT2D eigenvalue weighted by Crippen LogP contribution is -2.27. The van der Waals surface area contributed by atoms with E-state index in [1.54, 1.807) is 4.57 Å². The molecule has 5 nitrogen and oxygen atoms in total. The van der Waals surface area contributed by atoms with Crippen LogP contribution in [-0.4, -0.2) is 17.0 Å². The van der Waals surface area contributed by atoms with Gasteiger partial charge in [0, 0.05) is 42.3 Å². The summed E-state index contributed by atoms with van der Waals surface area (Å²) in [7, 11) is 0. The Morgan fingerprint density at radius 1 is 1.35 bits per heavy atom. The largest absolute Gasteiger partial charge is 0.326 e. The molecule has 1 atom stereocenters. The van der Waals surface area contributed by atoms with Crippen molar-refractivity contribution in [2.24, 2.45) is 0 Å². The van der Waals surface area contributed by atoms with Gasteiger partial charge in [0.2, 0.25) is 5.91 Å². The number of thiazole rings is 1. The van der Waals surface area contributed by atoms with Crippen molar-refractivity contribution in [2.75, 3.05) is 11.9 Å². The van der Waals surface area contributed by atoms with Crippen molar-refractivity contribution >= 4 is 22.9 Å². The van der Waals surface area contributed by atoms with E-state index in [-0.39, 0.29) is 16.8 Å². The van der Waals surface area contributed by atoms with Crippen molar-refractivity contribution < 1.29 is 4.79 Å². The second-order valence-electron chi connectivity index (χ2n) is 5.94. The summed E-state index contributed by atoms with van der Waals surface area (Å²) >= 11 is 1.25. The van der Waals surface area contributed by atoms with E-state index in [2.05, 4.69) is 23.6 Å². The van der Waals surface area contributed by atoms with E-state index >= 15 is 0 Å². The number of aryl methyl sites for hydroxylation is 2. The molecule has 1 aliphatic rings. The summed E-state index contributed by atoms with van der Waals surface area (Å²) in [6, 6.07) is 6.39. The Kier molecular flexibility index (Phi) is 4.63. The smallest absolute Gasteiger partial charge is 0.307 e. The Morgan fingerprint density at radius 2 is 2.17 bits per heavy atom. The van der Waals surface area contributed by atoms with Gasteiger partial charge in [0.1, 0.15) is 0 Å². The first-order valence-electron chi connectivity index (χ1n) is 7.85. The molecule has 2 N–H and O–H groups in total. The van der Waals surface area contributed by atoms with E-state index in [0.29, 0.717) is 13.0 Å². The maximum atomic E-state index is 11.7. The fraction of sp³-hybridized carbons (Fsp3) is 0.412. The topological polar surface area (TPSA) is 63.1 Å². The zero-order valence-corrected chi connectivity index (χ0v) is 14.2. The molecule has 3 rings (SSSR count). The van der Waals surface area contributed by atoms with Gasteiger partial charge < -0.3 is 15.2 Å². The van der Waals surface area contributed by atoms with Crippen LogP contribution in [0.4, 0.5) is 5.69 Å². The fourth-order valence-electron chi connectivity index (χ4n) is 2.86. The first-order valence-corrected chi connectivity index (χ1v) is 8.73. The maximum Gasteiger partial charge on any atom is 0.307 e. The lowest BCUT2D eigenvalue weighted by molar-refractivity contribution is -0.116. The normalized spacial score (nSPS) is 15.1. The summed E-state index contributed by atoms with van der Waals surface area (Å²) in [6.45, 7) is 5.50. The molecule has 0 spiro atoms. The molecule has 23 heavy (non-hydrogen) atoms. The van der Waals surface area contributed by atoms with Crippen LogP contribution in [0.1, 0.15) is 36.2 Å². The van der Waals surface area contributed by atoms with Gasteiger partial charge >= 0.3 is 4.87 Å². The molecular formula is C17H21N3O2S. The number of carbonyl (C=O) groups excluding carboxylic acids is 1. The molecule has 0 fully saturated rings. The highest BCUT2D eigenvalue weighted by Gasteiger charge is 2.16. The zero-order valence-electron chi connectivity index (χ0n) is 13.4. The minimum absolute atomic E-state index is 0.0907. The highest BCUT2D eigenvalue weighted by molar-refractivity contribution is 7.07. The molecule has 6 heteroatoms. The molecule has 0 saturated carbocycles. The Balaban J connectivity index is 1.61. The summed E-state index contributed by atoms with van der Waals surface area (Å²) in [5.74, 6) is 0.0907. The van der Waals surface area contributed by atoms with Crippen molar-refractivity contribution in [1.29, 1.82) is 0 Å². The summed E-state index contributed by atoms with van der Waals surface area (Å²) in [5.41, 5.74) is 4.34. The predicted molar refractivity (Wildman–Crippen MR) is 93.1 cm³/mol. The molecule has 0 radical (unpaired) electrons. The third-order valence-electron chi connectivity index (χ3n) is 4.29. The Morgan fingerprint density at radius 3 is 2.91 bits per heavy atom. The zero-order chi connectivity index (χ0) is 16.4. The number of fused-ring (bicyclic) bond motifs is 1. The molecule has 2 heterocycles. The van der Waals surface area contributed by atoms with Crippen LogP contribution in [0, 0.1) is 6.92 Å². The molecule has 0 saturated heterocycles. The van der Waals surface area contributed by atoms with E-state index in [0.717, 1.165) is 24.3 Å². The van der Waals surface area contributed by atoms with Crippen LogP contribution in [0.15, 0.2) is 28.4 Å². The number of carbonyl (C=O) groups is 1. The monoisotopic (exact) mass is 331 g/mol. The van der Waals surface area contributed by atoms with Gasteiger partial charge in [0.15, 0.2) is 0 Å². The first kappa shape index (κ1) is 16.0. The van der Waals surface area contributed by atoms with E-state index in [4.69, 9.17) is 0 Å². The number of amides is 1. The Labute approximate surface area is 139 Å². The van der Waals surface area contributed by atoms with E-state index < -0.39 is 0 Å². The van der Waals surface area contributed by atoms with Crippen LogP contribution in [0.5, 0.6) is 0 Å². The minimum Gasteiger partial charge on any atom is -0.326 e. The fourth-order valence-corrected chi connectivity index (χ4v) is 3.62. The van der Waals surface area contributed by atoms with Crippen molar-refractivity contribution in [2.45, 2.75) is 39.3 Å². The number of nitrogens with one attached hydrogen (secondary N) is 2. The van der Waals surface area contributed by atoms with Gasteiger partial charge in [0.05, 0.1) is 0 Å². The number of benzene rings is 1. The Bertz CT molecular complexity index is 778. The van der Waals surface area contributed by atoms with Gasteiger partial charge in [-0.25, -0.2) is 0 Å². The second kappa shape index (κ2) is 6.68. The van der Waals surface area contributed by atoms with Crippen LogP contribution in [-0.2, 0) is 17.8 Å². The molecule has 2 aromatic rings. The number of nitrogens with zero attached hydrogens (tertiary/aromatic N) is 1. The van der Waals surface area contributed by atoms with Gasteiger partial charge in [-0.2, -0.15) is 0 Å². The minimum atomic E-state index is 0.0907. The molecular weight excluding hydrogens is 310 g/mol. The highest BCUT2D eigenvalue weighted by atomic mass is 32.1. The SMILES string of the molecule is Cc1csc(=O)n1CCNC(C)c1ccc2c(c1)CCC(=O)N2. The molecule has 1 aliphatic heterocycles. The predicted octanol–water partition coefficient (Wildman–Crippen LogP) is 2.45. The van der Waals surface area contributed by atoms with Crippen molar-refractivity contribution in [3.63, 3.8) is 0 Å². The van der Waals surface area contributed by atoms with Crippen LogP contribution >= 0.6 is 11.3 Å². The summed E-state index contributed by atoms with van der Waals surface area (Å²) in [4.78, 5) is 23.2. The highest BCUT2D eigenvalue weighted by Crippen LogP contribution is 2.26. The molecule has 0 aliphatic carbocycles. The average molecular weight is 331 g/mol.